The second-order valence-electron chi connectivity index (χ2n) is 4.98. The molecule has 2 rings (SSSR count). The standard InChI is InChI=1S/C14H21N3O2/c1-19-10-7-5-9(6-8-10)17-12-4-2-3-11(13(12)15)14(16)18/h2-4,9-10,17H,5-8,15H2,1H3,(H2,16,18). The highest BCUT2D eigenvalue weighted by molar-refractivity contribution is 6.00. The van der Waals surface area contributed by atoms with E-state index in [2.05, 4.69) is 5.32 Å². The minimum atomic E-state index is -0.496. The molecular formula is C14H21N3O2. The van der Waals surface area contributed by atoms with E-state index in [1.165, 1.54) is 0 Å². The van der Waals surface area contributed by atoms with Crippen LogP contribution in [0.15, 0.2) is 18.2 Å². The summed E-state index contributed by atoms with van der Waals surface area (Å²) in [5, 5.41) is 3.40. The minimum Gasteiger partial charge on any atom is -0.396 e. The molecule has 1 saturated carbocycles. The molecular weight excluding hydrogens is 242 g/mol. The van der Waals surface area contributed by atoms with Gasteiger partial charge in [0.2, 0.25) is 0 Å². The van der Waals surface area contributed by atoms with E-state index in [0.29, 0.717) is 23.4 Å². The lowest BCUT2D eigenvalue weighted by Gasteiger charge is -2.29. The van der Waals surface area contributed by atoms with Gasteiger partial charge in [-0.05, 0) is 37.8 Å². The highest BCUT2D eigenvalue weighted by Crippen LogP contribution is 2.28. The van der Waals surface area contributed by atoms with Crippen molar-refractivity contribution in [3.8, 4) is 0 Å². The van der Waals surface area contributed by atoms with Crippen LogP contribution in [0.2, 0.25) is 0 Å². The number of nitrogen functional groups attached to an aromatic ring is 1. The molecule has 0 radical (unpaired) electrons. The van der Waals surface area contributed by atoms with Gasteiger partial charge in [0.15, 0.2) is 0 Å². The Kier molecular flexibility index (Phi) is 4.27. The van der Waals surface area contributed by atoms with Gasteiger partial charge in [0.1, 0.15) is 0 Å². The first-order valence-electron chi connectivity index (χ1n) is 6.59. The van der Waals surface area contributed by atoms with Crippen molar-refractivity contribution in [1.29, 1.82) is 0 Å². The summed E-state index contributed by atoms with van der Waals surface area (Å²) in [5.41, 5.74) is 12.9. The lowest BCUT2D eigenvalue weighted by Crippen LogP contribution is -2.29. The van der Waals surface area contributed by atoms with E-state index in [4.69, 9.17) is 16.2 Å². The fourth-order valence-electron chi connectivity index (χ4n) is 2.57. The number of anilines is 2. The van der Waals surface area contributed by atoms with E-state index in [-0.39, 0.29) is 0 Å². The smallest absolute Gasteiger partial charge is 0.250 e. The molecule has 5 N–H and O–H groups in total. The number of carbonyl (C=O) groups excluding carboxylic acids is 1. The SMILES string of the molecule is COC1CCC(Nc2cccc(C(N)=O)c2N)CC1. The Morgan fingerprint density at radius 1 is 1.32 bits per heavy atom. The van der Waals surface area contributed by atoms with Crippen LogP contribution in [-0.2, 0) is 4.74 Å². The number of primary amides is 1. The van der Waals surface area contributed by atoms with Crippen molar-refractivity contribution in [3.63, 3.8) is 0 Å². The van der Waals surface area contributed by atoms with Crippen molar-refractivity contribution in [1.82, 2.24) is 0 Å². The summed E-state index contributed by atoms with van der Waals surface area (Å²) in [6.45, 7) is 0. The molecule has 1 aliphatic carbocycles. The van der Waals surface area contributed by atoms with Gasteiger partial charge in [-0.1, -0.05) is 6.07 Å². The van der Waals surface area contributed by atoms with Crippen molar-refractivity contribution in [2.75, 3.05) is 18.2 Å². The number of benzene rings is 1. The Bertz CT molecular complexity index is 454. The molecule has 5 nitrogen and oxygen atoms in total. The van der Waals surface area contributed by atoms with Crippen LogP contribution in [0.5, 0.6) is 0 Å². The monoisotopic (exact) mass is 263 g/mol. The van der Waals surface area contributed by atoms with Gasteiger partial charge < -0.3 is 21.5 Å². The van der Waals surface area contributed by atoms with Crippen molar-refractivity contribution >= 4 is 17.3 Å². The number of nitrogens with one attached hydrogen (secondary N) is 1. The maximum absolute atomic E-state index is 11.2. The molecule has 0 spiro atoms. The number of hydrogen-bond donors (Lipinski definition) is 3. The highest BCUT2D eigenvalue weighted by atomic mass is 16.5. The van der Waals surface area contributed by atoms with Gasteiger partial charge in [0.05, 0.1) is 23.0 Å². The number of nitrogens with two attached hydrogens (primary N) is 2. The Labute approximate surface area is 113 Å². The first-order chi connectivity index (χ1) is 9.11. The van der Waals surface area contributed by atoms with E-state index in [1.54, 1.807) is 19.2 Å². The van der Waals surface area contributed by atoms with Gasteiger partial charge in [-0.15, -0.1) is 0 Å². The second-order valence-corrected chi connectivity index (χ2v) is 4.98. The summed E-state index contributed by atoms with van der Waals surface area (Å²) in [7, 11) is 1.76. The van der Waals surface area contributed by atoms with E-state index in [0.717, 1.165) is 31.4 Å². The molecule has 0 saturated heterocycles. The molecule has 0 bridgehead atoms. The van der Waals surface area contributed by atoms with Gasteiger partial charge in [0.25, 0.3) is 5.91 Å². The van der Waals surface area contributed by atoms with Crippen molar-refractivity contribution in [2.45, 2.75) is 37.8 Å². The quantitative estimate of drug-likeness (QED) is 0.722. The van der Waals surface area contributed by atoms with Crippen LogP contribution in [0.25, 0.3) is 0 Å². The zero-order valence-electron chi connectivity index (χ0n) is 11.2. The number of methoxy groups -OCH3 is 1. The lowest BCUT2D eigenvalue weighted by atomic mass is 9.92. The third-order valence-corrected chi connectivity index (χ3v) is 3.74. The van der Waals surface area contributed by atoms with E-state index in [1.807, 2.05) is 6.07 Å². The molecule has 1 amide bonds. The van der Waals surface area contributed by atoms with Gasteiger partial charge in [-0.2, -0.15) is 0 Å². The summed E-state index contributed by atoms with van der Waals surface area (Å²) < 4.78 is 5.35. The molecule has 0 heterocycles. The number of hydrogen-bond acceptors (Lipinski definition) is 4. The van der Waals surface area contributed by atoms with Crippen LogP contribution in [0, 0.1) is 0 Å². The molecule has 104 valence electrons. The van der Waals surface area contributed by atoms with Crippen molar-refractivity contribution < 1.29 is 9.53 Å². The first-order valence-corrected chi connectivity index (χ1v) is 6.59. The van der Waals surface area contributed by atoms with Crippen LogP contribution in [-0.4, -0.2) is 25.2 Å². The number of amides is 1. The number of carbonyl (C=O) groups is 1. The molecule has 0 unspecified atom stereocenters. The summed E-state index contributed by atoms with van der Waals surface area (Å²) in [4.78, 5) is 11.2. The molecule has 1 aliphatic rings. The van der Waals surface area contributed by atoms with Crippen LogP contribution in [0.1, 0.15) is 36.0 Å². The van der Waals surface area contributed by atoms with Gasteiger partial charge in [0, 0.05) is 13.2 Å². The van der Waals surface area contributed by atoms with Crippen LogP contribution in [0.3, 0.4) is 0 Å². The van der Waals surface area contributed by atoms with E-state index >= 15 is 0 Å². The van der Waals surface area contributed by atoms with E-state index in [9.17, 15) is 4.79 Å². The Balaban J connectivity index is 2.04. The Morgan fingerprint density at radius 3 is 2.58 bits per heavy atom. The van der Waals surface area contributed by atoms with Crippen LogP contribution < -0.4 is 16.8 Å². The molecule has 1 aromatic carbocycles. The third kappa shape index (κ3) is 3.17. The van der Waals surface area contributed by atoms with Crippen molar-refractivity contribution in [3.05, 3.63) is 23.8 Å². The topological polar surface area (TPSA) is 90.4 Å². The minimum absolute atomic E-state index is 0.368. The zero-order chi connectivity index (χ0) is 13.8. The summed E-state index contributed by atoms with van der Waals surface area (Å²) >= 11 is 0. The fraction of sp³-hybridized carbons (Fsp3) is 0.500. The molecule has 1 fully saturated rings. The Morgan fingerprint density at radius 2 is 2.00 bits per heavy atom. The predicted molar refractivity (Wildman–Crippen MR) is 76.0 cm³/mol. The maximum Gasteiger partial charge on any atom is 0.250 e. The van der Waals surface area contributed by atoms with Gasteiger partial charge in [-0.25, -0.2) is 0 Å². The molecule has 1 aromatic rings. The number of ether oxygens (including phenoxy) is 1. The van der Waals surface area contributed by atoms with Gasteiger partial charge >= 0.3 is 0 Å². The number of rotatable bonds is 4. The lowest BCUT2D eigenvalue weighted by molar-refractivity contribution is 0.0682. The normalized spacial score (nSPS) is 23.0. The molecule has 0 atom stereocenters. The summed E-state index contributed by atoms with van der Waals surface area (Å²) in [6, 6.07) is 5.69. The van der Waals surface area contributed by atoms with Crippen molar-refractivity contribution in [2.24, 2.45) is 5.73 Å². The van der Waals surface area contributed by atoms with E-state index < -0.39 is 5.91 Å². The fourth-order valence-corrected chi connectivity index (χ4v) is 2.57. The maximum atomic E-state index is 11.2. The summed E-state index contributed by atoms with van der Waals surface area (Å²) in [5.74, 6) is -0.496. The molecule has 5 heteroatoms. The number of para-hydroxylation sites is 1. The van der Waals surface area contributed by atoms with Crippen LogP contribution in [0.4, 0.5) is 11.4 Å². The summed E-state index contributed by atoms with van der Waals surface area (Å²) in [6.07, 6.45) is 4.54. The zero-order valence-corrected chi connectivity index (χ0v) is 11.2. The largest absolute Gasteiger partial charge is 0.396 e. The third-order valence-electron chi connectivity index (χ3n) is 3.74. The molecule has 0 aliphatic heterocycles. The predicted octanol–water partition coefficient (Wildman–Crippen LogP) is 1.74. The molecule has 19 heavy (non-hydrogen) atoms. The average Bonchev–Trinajstić information content (AvgIpc) is 2.41. The molecule has 0 aromatic heterocycles. The van der Waals surface area contributed by atoms with Gasteiger partial charge in [-0.3, -0.25) is 4.79 Å². The van der Waals surface area contributed by atoms with Crippen LogP contribution >= 0.6 is 0 Å². The first kappa shape index (κ1) is 13.7. The highest BCUT2D eigenvalue weighted by Gasteiger charge is 2.21. The second kappa shape index (κ2) is 5.93. The Hall–Kier alpha value is -1.75. The average molecular weight is 263 g/mol.